The Balaban J connectivity index is 1.91. The van der Waals surface area contributed by atoms with Crippen LogP contribution in [-0.2, 0) is 22.9 Å². The first-order valence-corrected chi connectivity index (χ1v) is 8.50. The quantitative estimate of drug-likeness (QED) is 0.794. The van der Waals surface area contributed by atoms with Crippen LogP contribution < -0.4 is 5.32 Å². The van der Waals surface area contributed by atoms with E-state index in [9.17, 15) is 13.2 Å². The van der Waals surface area contributed by atoms with Crippen LogP contribution in [0.1, 0.15) is 34.6 Å². The van der Waals surface area contributed by atoms with Crippen molar-refractivity contribution in [2.45, 2.75) is 25.7 Å². The molecule has 0 aromatic carbocycles. The zero-order valence-corrected chi connectivity index (χ0v) is 12.6. The fourth-order valence-electron chi connectivity index (χ4n) is 2.25. The van der Waals surface area contributed by atoms with Crippen molar-refractivity contribution in [3.05, 3.63) is 17.0 Å². The molecule has 1 aromatic rings. The topological polar surface area (TPSA) is 95.2 Å². The first-order chi connectivity index (χ1) is 9.39. The number of carbonyl (C=O) groups excluding carboxylic acids is 1. The van der Waals surface area contributed by atoms with Crippen molar-refractivity contribution in [2.24, 2.45) is 0 Å². The van der Waals surface area contributed by atoms with Crippen molar-refractivity contribution < 1.29 is 13.2 Å². The van der Waals surface area contributed by atoms with Crippen LogP contribution in [0.3, 0.4) is 0 Å². The molecule has 2 N–H and O–H groups in total. The number of hydrogen-bond acceptors (Lipinski definition) is 4. The number of amides is 1. The molecule has 112 valence electrons. The van der Waals surface area contributed by atoms with E-state index in [1.807, 2.05) is 0 Å². The smallest absolute Gasteiger partial charge is 0.272 e. The summed E-state index contributed by atoms with van der Waals surface area (Å²) in [5, 5.41) is 9.70. The van der Waals surface area contributed by atoms with E-state index in [0.29, 0.717) is 5.69 Å². The van der Waals surface area contributed by atoms with Crippen LogP contribution in [0.15, 0.2) is 0 Å². The Kier molecular flexibility index (Phi) is 4.44. The first-order valence-electron chi connectivity index (χ1n) is 6.65. The summed E-state index contributed by atoms with van der Waals surface area (Å²) < 4.78 is 23.6. The van der Waals surface area contributed by atoms with Gasteiger partial charge >= 0.3 is 0 Å². The molecule has 0 aliphatic heterocycles. The molecule has 0 saturated carbocycles. The number of hydrogen-bond donors (Lipinski definition) is 2. The fourth-order valence-corrected chi connectivity index (χ4v) is 2.67. The monoisotopic (exact) mass is 300 g/mol. The maximum Gasteiger partial charge on any atom is 0.272 e. The highest BCUT2D eigenvalue weighted by Gasteiger charge is 2.21. The predicted molar refractivity (Wildman–Crippen MR) is 75.0 cm³/mol. The Morgan fingerprint density at radius 2 is 2.10 bits per heavy atom. The summed E-state index contributed by atoms with van der Waals surface area (Å²) in [6.45, 7) is 0.515. The van der Waals surface area contributed by atoms with Gasteiger partial charge in [0.15, 0.2) is 5.69 Å². The van der Waals surface area contributed by atoms with Crippen LogP contribution in [0.25, 0.3) is 0 Å². The molecule has 1 aromatic heterocycles. The SMILES string of the molecule is CN(CCNC(=O)c1n[nH]c2c1CCCC2)S(C)(=O)=O. The molecular weight excluding hydrogens is 280 g/mol. The Bertz CT molecular complexity index is 594. The number of fused-ring (bicyclic) bond motifs is 1. The van der Waals surface area contributed by atoms with Crippen LogP contribution in [0, 0.1) is 0 Å². The Morgan fingerprint density at radius 1 is 1.40 bits per heavy atom. The second-order valence-electron chi connectivity index (χ2n) is 5.08. The summed E-state index contributed by atoms with van der Waals surface area (Å²) in [6.07, 6.45) is 5.14. The Hall–Kier alpha value is -1.41. The number of aryl methyl sites for hydroxylation is 1. The molecule has 1 heterocycles. The lowest BCUT2D eigenvalue weighted by atomic mass is 9.96. The van der Waals surface area contributed by atoms with E-state index in [0.717, 1.165) is 43.2 Å². The lowest BCUT2D eigenvalue weighted by Gasteiger charge is -2.14. The van der Waals surface area contributed by atoms with Gasteiger partial charge in [-0.2, -0.15) is 5.10 Å². The van der Waals surface area contributed by atoms with Gasteiger partial charge < -0.3 is 5.32 Å². The largest absolute Gasteiger partial charge is 0.349 e. The minimum Gasteiger partial charge on any atom is -0.349 e. The zero-order valence-electron chi connectivity index (χ0n) is 11.8. The van der Waals surface area contributed by atoms with Gasteiger partial charge in [-0.3, -0.25) is 9.89 Å². The Labute approximate surface area is 118 Å². The summed E-state index contributed by atoms with van der Waals surface area (Å²) in [5.74, 6) is -0.244. The number of carbonyl (C=O) groups is 1. The second-order valence-corrected chi connectivity index (χ2v) is 7.17. The van der Waals surface area contributed by atoms with Crippen molar-refractivity contribution in [3.63, 3.8) is 0 Å². The molecule has 2 rings (SSSR count). The normalized spacial score (nSPS) is 15.2. The molecule has 0 fully saturated rings. The highest BCUT2D eigenvalue weighted by molar-refractivity contribution is 7.88. The summed E-state index contributed by atoms with van der Waals surface area (Å²) in [4.78, 5) is 12.0. The van der Waals surface area contributed by atoms with Crippen molar-refractivity contribution in [1.82, 2.24) is 19.8 Å². The van der Waals surface area contributed by atoms with Gasteiger partial charge in [0, 0.05) is 31.4 Å². The average Bonchev–Trinajstić information content (AvgIpc) is 2.81. The first kappa shape index (κ1) is 15.0. The average molecular weight is 300 g/mol. The molecule has 20 heavy (non-hydrogen) atoms. The van der Waals surface area contributed by atoms with Crippen molar-refractivity contribution in [3.8, 4) is 0 Å². The van der Waals surface area contributed by atoms with Gasteiger partial charge in [0.25, 0.3) is 5.91 Å². The highest BCUT2D eigenvalue weighted by Crippen LogP contribution is 2.21. The minimum absolute atomic E-state index is 0.244. The summed E-state index contributed by atoms with van der Waals surface area (Å²) in [5.41, 5.74) is 2.50. The fraction of sp³-hybridized carbons (Fsp3) is 0.667. The number of rotatable bonds is 5. The molecular formula is C12H20N4O3S. The minimum atomic E-state index is -3.21. The predicted octanol–water partition coefficient (Wildman–Crippen LogP) is -0.0903. The highest BCUT2D eigenvalue weighted by atomic mass is 32.2. The van der Waals surface area contributed by atoms with E-state index >= 15 is 0 Å². The van der Waals surface area contributed by atoms with Crippen LogP contribution in [0.4, 0.5) is 0 Å². The lowest BCUT2D eigenvalue weighted by molar-refractivity contribution is 0.0946. The molecule has 0 bridgehead atoms. The van der Waals surface area contributed by atoms with E-state index in [-0.39, 0.29) is 19.0 Å². The van der Waals surface area contributed by atoms with E-state index < -0.39 is 10.0 Å². The molecule has 0 unspecified atom stereocenters. The molecule has 1 amide bonds. The van der Waals surface area contributed by atoms with Gasteiger partial charge in [0.05, 0.1) is 6.26 Å². The van der Waals surface area contributed by atoms with Gasteiger partial charge in [-0.1, -0.05) is 0 Å². The standard InChI is InChI=1S/C12H20N4O3S/c1-16(20(2,18)19)8-7-13-12(17)11-9-5-3-4-6-10(9)14-15-11/h3-8H2,1-2H3,(H,13,17)(H,14,15). The third-order valence-corrected chi connectivity index (χ3v) is 4.86. The lowest BCUT2D eigenvalue weighted by Crippen LogP contribution is -2.36. The van der Waals surface area contributed by atoms with Gasteiger partial charge in [-0.25, -0.2) is 12.7 Å². The van der Waals surface area contributed by atoms with Gasteiger partial charge in [0.2, 0.25) is 10.0 Å². The van der Waals surface area contributed by atoms with E-state index in [1.165, 1.54) is 11.4 Å². The van der Waals surface area contributed by atoms with Crippen LogP contribution in [0.2, 0.25) is 0 Å². The molecule has 8 heteroatoms. The third kappa shape index (κ3) is 3.37. The van der Waals surface area contributed by atoms with Crippen LogP contribution >= 0.6 is 0 Å². The molecule has 0 spiro atoms. The zero-order chi connectivity index (χ0) is 14.8. The number of sulfonamides is 1. The van der Waals surface area contributed by atoms with Gasteiger partial charge in [-0.15, -0.1) is 0 Å². The van der Waals surface area contributed by atoms with Gasteiger partial charge in [-0.05, 0) is 25.7 Å². The van der Waals surface area contributed by atoms with E-state index in [2.05, 4.69) is 15.5 Å². The maximum atomic E-state index is 12.0. The molecule has 1 aliphatic rings. The molecule has 1 aliphatic carbocycles. The molecule has 0 atom stereocenters. The van der Waals surface area contributed by atoms with E-state index in [1.54, 1.807) is 0 Å². The summed E-state index contributed by atoms with van der Waals surface area (Å²) in [7, 11) is -1.72. The number of nitrogens with zero attached hydrogens (tertiary/aromatic N) is 2. The number of aromatic amines is 1. The van der Waals surface area contributed by atoms with Crippen molar-refractivity contribution >= 4 is 15.9 Å². The summed E-state index contributed by atoms with van der Waals surface area (Å²) in [6, 6.07) is 0. The molecule has 0 radical (unpaired) electrons. The Morgan fingerprint density at radius 3 is 2.80 bits per heavy atom. The number of likely N-dealkylation sites (N-methyl/N-ethyl adjacent to an activating group) is 1. The number of aromatic nitrogens is 2. The van der Waals surface area contributed by atoms with Crippen molar-refractivity contribution in [1.29, 1.82) is 0 Å². The molecule has 7 nitrogen and oxygen atoms in total. The number of H-pyrrole nitrogens is 1. The maximum absolute atomic E-state index is 12.0. The third-order valence-electron chi connectivity index (χ3n) is 3.55. The van der Waals surface area contributed by atoms with Crippen LogP contribution in [-0.4, -0.2) is 55.2 Å². The van der Waals surface area contributed by atoms with Crippen LogP contribution in [0.5, 0.6) is 0 Å². The van der Waals surface area contributed by atoms with E-state index in [4.69, 9.17) is 0 Å². The molecule has 0 saturated heterocycles. The van der Waals surface area contributed by atoms with Gasteiger partial charge in [0.1, 0.15) is 0 Å². The van der Waals surface area contributed by atoms with Crippen molar-refractivity contribution in [2.75, 3.05) is 26.4 Å². The number of nitrogens with one attached hydrogen (secondary N) is 2. The summed E-state index contributed by atoms with van der Waals surface area (Å²) >= 11 is 0. The second kappa shape index (κ2) is 5.92.